The van der Waals surface area contributed by atoms with Gasteiger partial charge in [0.2, 0.25) is 5.91 Å². The summed E-state index contributed by atoms with van der Waals surface area (Å²) in [6.45, 7) is 0.756. The number of anilines is 1. The quantitative estimate of drug-likeness (QED) is 0.807. The van der Waals surface area contributed by atoms with Crippen molar-refractivity contribution < 1.29 is 14.3 Å². The van der Waals surface area contributed by atoms with Gasteiger partial charge in [0.15, 0.2) is 11.5 Å². The molecule has 136 valence electrons. The number of rotatable bonds is 6. The predicted molar refractivity (Wildman–Crippen MR) is 99.7 cm³/mol. The zero-order valence-electron chi connectivity index (χ0n) is 14.9. The van der Waals surface area contributed by atoms with Crippen molar-refractivity contribution in [3.05, 3.63) is 48.3 Å². The molecule has 1 N–H and O–H groups in total. The number of nitrogens with zero attached hydrogens (tertiary/aromatic N) is 3. The summed E-state index contributed by atoms with van der Waals surface area (Å²) in [5, 5.41) is 9.24. The van der Waals surface area contributed by atoms with Gasteiger partial charge in [-0.05, 0) is 42.7 Å². The van der Waals surface area contributed by atoms with Crippen molar-refractivity contribution in [1.29, 1.82) is 0 Å². The van der Waals surface area contributed by atoms with Crippen LogP contribution in [0, 0.1) is 0 Å². The van der Waals surface area contributed by atoms with E-state index in [1.807, 2.05) is 17.1 Å². The molecule has 0 spiro atoms. The number of carbonyl (C=O) groups excluding carboxylic acids is 1. The average molecular weight is 354 g/mol. The van der Waals surface area contributed by atoms with Gasteiger partial charge in [-0.25, -0.2) is 0 Å². The van der Waals surface area contributed by atoms with Gasteiger partial charge >= 0.3 is 0 Å². The van der Waals surface area contributed by atoms with Gasteiger partial charge in [0.05, 0.1) is 20.4 Å². The van der Waals surface area contributed by atoms with Crippen molar-refractivity contribution in [3.8, 4) is 11.5 Å². The van der Waals surface area contributed by atoms with Crippen molar-refractivity contribution in [2.45, 2.75) is 18.9 Å². The summed E-state index contributed by atoms with van der Waals surface area (Å²) in [7, 11) is 3.14. The Labute approximate surface area is 152 Å². The summed E-state index contributed by atoms with van der Waals surface area (Å²) in [4.78, 5) is 16.7. The number of methoxy groups -OCH3 is 2. The van der Waals surface area contributed by atoms with Gasteiger partial charge in [0.1, 0.15) is 6.04 Å². The molecule has 2 aromatic rings. The van der Waals surface area contributed by atoms with Crippen LogP contribution in [0.3, 0.4) is 0 Å². The van der Waals surface area contributed by atoms with Crippen LogP contribution in [0.4, 0.5) is 5.69 Å². The number of pyridine rings is 1. The topological polar surface area (TPSA) is 76.0 Å². The second-order valence-corrected chi connectivity index (χ2v) is 5.91. The Kier molecular flexibility index (Phi) is 5.68. The third-order valence-electron chi connectivity index (χ3n) is 4.24. The molecule has 1 aliphatic rings. The summed E-state index contributed by atoms with van der Waals surface area (Å²) >= 11 is 0. The summed E-state index contributed by atoms with van der Waals surface area (Å²) in [6, 6.07) is 8.76. The minimum Gasteiger partial charge on any atom is -0.493 e. The van der Waals surface area contributed by atoms with Gasteiger partial charge in [-0.3, -0.25) is 14.8 Å². The molecule has 1 amide bonds. The zero-order valence-corrected chi connectivity index (χ0v) is 14.9. The van der Waals surface area contributed by atoms with E-state index in [4.69, 9.17) is 9.47 Å². The van der Waals surface area contributed by atoms with Crippen LogP contribution in [0.15, 0.2) is 47.8 Å². The van der Waals surface area contributed by atoms with Crippen LogP contribution in [0.2, 0.25) is 0 Å². The number of hydrogen-bond acceptors (Lipinski definition) is 6. The van der Waals surface area contributed by atoms with Crippen molar-refractivity contribution in [2.24, 2.45) is 5.10 Å². The first-order valence-corrected chi connectivity index (χ1v) is 8.45. The monoisotopic (exact) mass is 354 g/mol. The fourth-order valence-corrected chi connectivity index (χ4v) is 2.89. The standard InChI is InChI=1S/C19H22N4O3/c1-25-17-6-5-15(12-18(17)26-2)22-19(24)16-4-3-11-23(16)21-13-14-7-9-20-10-8-14/h5-10,12-13,16H,3-4,11H2,1-2H3,(H,22,24)/b21-13+. The van der Waals surface area contributed by atoms with E-state index in [2.05, 4.69) is 15.4 Å². The molecule has 0 aliphatic carbocycles. The van der Waals surface area contributed by atoms with E-state index in [0.29, 0.717) is 17.2 Å². The van der Waals surface area contributed by atoms with Crippen molar-refractivity contribution in [3.63, 3.8) is 0 Å². The van der Waals surface area contributed by atoms with Crippen molar-refractivity contribution in [1.82, 2.24) is 9.99 Å². The molecular weight excluding hydrogens is 332 g/mol. The molecule has 1 aliphatic heterocycles. The van der Waals surface area contributed by atoms with Gasteiger partial charge in [-0.15, -0.1) is 0 Å². The lowest BCUT2D eigenvalue weighted by atomic mass is 10.2. The van der Waals surface area contributed by atoms with Crippen LogP contribution >= 0.6 is 0 Å². The normalized spacial score (nSPS) is 16.7. The summed E-state index contributed by atoms with van der Waals surface area (Å²) < 4.78 is 10.5. The first-order valence-electron chi connectivity index (χ1n) is 8.45. The fraction of sp³-hybridized carbons (Fsp3) is 0.316. The second kappa shape index (κ2) is 8.33. The first kappa shape index (κ1) is 17.7. The molecule has 0 bridgehead atoms. The van der Waals surface area contributed by atoms with Crippen molar-refractivity contribution >= 4 is 17.8 Å². The van der Waals surface area contributed by atoms with Gasteiger partial charge in [-0.1, -0.05) is 0 Å². The SMILES string of the molecule is COc1ccc(NC(=O)C2CCCN2/N=C/c2ccncc2)cc1OC. The Balaban J connectivity index is 1.67. The van der Waals surface area contributed by atoms with Gasteiger partial charge in [0, 0.05) is 30.7 Å². The van der Waals surface area contributed by atoms with Crippen LogP contribution in [-0.2, 0) is 4.79 Å². The zero-order chi connectivity index (χ0) is 18.4. The molecule has 1 fully saturated rings. The molecule has 1 atom stereocenters. The number of amides is 1. The molecule has 3 rings (SSSR count). The Morgan fingerprint density at radius 1 is 1.23 bits per heavy atom. The highest BCUT2D eigenvalue weighted by atomic mass is 16.5. The Bertz CT molecular complexity index is 780. The Hall–Kier alpha value is -3.09. The molecule has 1 saturated heterocycles. The number of hydrazone groups is 1. The highest BCUT2D eigenvalue weighted by molar-refractivity contribution is 5.95. The van der Waals surface area contributed by atoms with Crippen molar-refractivity contribution in [2.75, 3.05) is 26.1 Å². The number of nitrogens with one attached hydrogen (secondary N) is 1. The Morgan fingerprint density at radius 2 is 2.00 bits per heavy atom. The molecule has 7 heteroatoms. The lowest BCUT2D eigenvalue weighted by Crippen LogP contribution is -2.36. The Morgan fingerprint density at radius 3 is 2.73 bits per heavy atom. The largest absolute Gasteiger partial charge is 0.493 e. The molecule has 1 aromatic carbocycles. The minimum atomic E-state index is -0.291. The predicted octanol–water partition coefficient (Wildman–Crippen LogP) is 2.54. The maximum Gasteiger partial charge on any atom is 0.248 e. The number of aromatic nitrogens is 1. The van der Waals surface area contributed by atoms with E-state index in [-0.39, 0.29) is 11.9 Å². The van der Waals surface area contributed by atoms with E-state index in [1.165, 1.54) is 0 Å². The van der Waals surface area contributed by atoms with Gasteiger partial charge < -0.3 is 14.8 Å². The molecule has 2 heterocycles. The highest BCUT2D eigenvalue weighted by Gasteiger charge is 2.30. The van der Waals surface area contributed by atoms with Gasteiger partial charge in [0.25, 0.3) is 0 Å². The molecule has 26 heavy (non-hydrogen) atoms. The minimum absolute atomic E-state index is 0.0819. The first-order chi connectivity index (χ1) is 12.7. The lowest BCUT2D eigenvalue weighted by molar-refractivity contribution is -0.120. The summed E-state index contributed by atoms with van der Waals surface area (Å²) in [6.07, 6.45) is 6.88. The molecule has 0 saturated carbocycles. The maximum atomic E-state index is 12.7. The van der Waals surface area contributed by atoms with Crippen LogP contribution in [0.25, 0.3) is 0 Å². The average Bonchev–Trinajstić information content (AvgIpc) is 3.16. The van der Waals surface area contributed by atoms with E-state index in [0.717, 1.165) is 24.9 Å². The summed E-state index contributed by atoms with van der Waals surface area (Å²) in [5.74, 6) is 1.11. The van der Waals surface area contributed by atoms with Crippen LogP contribution in [0.5, 0.6) is 11.5 Å². The number of benzene rings is 1. The number of carbonyl (C=O) groups is 1. The maximum absolute atomic E-state index is 12.7. The number of ether oxygens (including phenoxy) is 2. The molecule has 7 nitrogen and oxygen atoms in total. The molecule has 1 aromatic heterocycles. The van der Waals surface area contributed by atoms with Gasteiger partial charge in [-0.2, -0.15) is 5.10 Å². The second-order valence-electron chi connectivity index (χ2n) is 5.91. The molecular formula is C19H22N4O3. The van der Waals surface area contributed by atoms with Crippen LogP contribution < -0.4 is 14.8 Å². The molecule has 0 radical (unpaired) electrons. The fourth-order valence-electron chi connectivity index (χ4n) is 2.89. The third kappa shape index (κ3) is 4.11. The van der Waals surface area contributed by atoms with E-state index in [9.17, 15) is 4.79 Å². The third-order valence-corrected chi connectivity index (χ3v) is 4.24. The summed E-state index contributed by atoms with van der Waals surface area (Å²) in [5.41, 5.74) is 1.61. The van der Waals surface area contributed by atoms with Crippen LogP contribution in [0.1, 0.15) is 18.4 Å². The smallest absolute Gasteiger partial charge is 0.248 e. The van der Waals surface area contributed by atoms with Crippen LogP contribution in [-0.4, -0.2) is 48.9 Å². The van der Waals surface area contributed by atoms with E-state index in [1.54, 1.807) is 51.0 Å². The molecule has 1 unspecified atom stereocenters. The number of hydrogen-bond donors (Lipinski definition) is 1. The van der Waals surface area contributed by atoms with E-state index < -0.39 is 0 Å². The lowest BCUT2D eigenvalue weighted by Gasteiger charge is -2.21. The van der Waals surface area contributed by atoms with E-state index >= 15 is 0 Å². The highest BCUT2D eigenvalue weighted by Crippen LogP contribution is 2.30.